The second-order valence-corrected chi connectivity index (χ2v) is 5.34. The maximum atomic E-state index is 11.6. The molecule has 1 fully saturated rings. The Labute approximate surface area is 123 Å². The third-order valence-electron chi connectivity index (χ3n) is 3.92. The zero-order chi connectivity index (χ0) is 15.4. The summed E-state index contributed by atoms with van der Waals surface area (Å²) in [5, 5.41) is 11.2. The van der Waals surface area contributed by atoms with Crippen LogP contribution in [0.25, 0.3) is 0 Å². The number of benzene rings is 1. The van der Waals surface area contributed by atoms with E-state index in [-0.39, 0.29) is 5.69 Å². The molecular weight excluding hydrogens is 272 g/mol. The minimum Gasteiger partial charge on any atom is -0.465 e. The summed E-state index contributed by atoms with van der Waals surface area (Å²) in [7, 11) is 1.30. The van der Waals surface area contributed by atoms with Gasteiger partial charge >= 0.3 is 5.97 Å². The number of anilines is 1. The van der Waals surface area contributed by atoms with E-state index in [0.717, 1.165) is 32.4 Å². The summed E-state index contributed by atoms with van der Waals surface area (Å²) in [5.41, 5.74) is 0.901. The highest BCUT2D eigenvalue weighted by atomic mass is 16.6. The van der Waals surface area contributed by atoms with Crippen molar-refractivity contribution in [1.82, 2.24) is 0 Å². The Bertz CT molecular complexity index is 544. The Morgan fingerprint density at radius 3 is 2.90 bits per heavy atom. The van der Waals surface area contributed by atoms with Gasteiger partial charge in [-0.2, -0.15) is 0 Å². The van der Waals surface area contributed by atoms with Crippen molar-refractivity contribution in [2.45, 2.75) is 26.2 Å². The molecule has 0 amide bonds. The first-order valence-corrected chi connectivity index (χ1v) is 7.18. The highest BCUT2D eigenvalue weighted by molar-refractivity contribution is 5.91. The van der Waals surface area contributed by atoms with Gasteiger partial charge in [-0.05, 0) is 30.9 Å². The van der Waals surface area contributed by atoms with Gasteiger partial charge in [0.1, 0.15) is 5.69 Å². The van der Waals surface area contributed by atoms with Crippen molar-refractivity contribution in [2.24, 2.45) is 5.92 Å². The van der Waals surface area contributed by atoms with E-state index in [4.69, 9.17) is 0 Å². The second kappa shape index (κ2) is 6.56. The van der Waals surface area contributed by atoms with Gasteiger partial charge in [-0.25, -0.2) is 4.79 Å². The molecule has 21 heavy (non-hydrogen) atoms. The van der Waals surface area contributed by atoms with E-state index in [1.165, 1.54) is 19.2 Å². The second-order valence-electron chi connectivity index (χ2n) is 5.34. The minimum atomic E-state index is -0.476. The van der Waals surface area contributed by atoms with Gasteiger partial charge in [-0.1, -0.05) is 13.3 Å². The molecule has 1 aliphatic rings. The van der Waals surface area contributed by atoms with Crippen molar-refractivity contribution in [3.63, 3.8) is 0 Å². The topological polar surface area (TPSA) is 72.7 Å². The molecule has 0 radical (unpaired) electrons. The number of rotatable bonds is 5. The fourth-order valence-corrected chi connectivity index (χ4v) is 2.87. The Kier molecular flexibility index (Phi) is 4.77. The van der Waals surface area contributed by atoms with Crippen LogP contribution in [0, 0.1) is 16.0 Å². The van der Waals surface area contributed by atoms with Crippen LogP contribution in [0.15, 0.2) is 18.2 Å². The van der Waals surface area contributed by atoms with Gasteiger partial charge in [0.25, 0.3) is 5.69 Å². The molecule has 2 rings (SSSR count). The Morgan fingerprint density at radius 1 is 1.52 bits per heavy atom. The molecule has 0 spiro atoms. The number of ether oxygens (including phenoxy) is 1. The Morgan fingerprint density at radius 2 is 2.29 bits per heavy atom. The maximum absolute atomic E-state index is 11.6. The summed E-state index contributed by atoms with van der Waals surface area (Å²) in [5.74, 6) is 0.0897. The molecule has 0 saturated carbocycles. The van der Waals surface area contributed by atoms with Gasteiger partial charge in [0.15, 0.2) is 0 Å². The minimum absolute atomic E-state index is 0.0415. The van der Waals surface area contributed by atoms with E-state index >= 15 is 0 Å². The van der Waals surface area contributed by atoms with Gasteiger partial charge < -0.3 is 9.64 Å². The number of carbonyl (C=O) groups excluding carboxylic acids is 1. The van der Waals surface area contributed by atoms with Crippen LogP contribution in [0.3, 0.4) is 0 Å². The summed E-state index contributed by atoms with van der Waals surface area (Å²) in [6, 6.07) is 4.39. The zero-order valence-electron chi connectivity index (χ0n) is 12.4. The molecule has 1 unspecified atom stereocenters. The van der Waals surface area contributed by atoms with Crippen LogP contribution in [-0.4, -0.2) is 31.1 Å². The maximum Gasteiger partial charge on any atom is 0.337 e. The van der Waals surface area contributed by atoms with Crippen molar-refractivity contribution in [1.29, 1.82) is 0 Å². The number of hydrogen-bond acceptors (Lipinski definition) is 5. The first-order valence-electron chi connectivity index (χ1n) is 7.18. The molecule has 1 aromatic rings. The van der Waals surface area contributed by atoms with E-state index in [2.05, 4.69) is 11.7 Å². The number of nitro groups is 1. The van der Waals surface area contributed by atoms with Crippen LogP contribution in [-0.2, 0) is 4.74 Å². The summed E-state index contributed by atoms with van der Waals surface area (Å²) >= 11 is 0. The lowest BCUT2D eigenvalue weighted by Gasteiger charge is -2.19. The van der Waals surface area contributed by atoms with Crippen molar-refractivity contribution in [2.75, 3.05) is 25.1 Å². The normalized spacial score (nSPS) is 17.8. The van der Waals surface area contributed by atoms with E-state index in [1.807, 2.05) is 4.90 Å². The lowest BCUT2D eigenvalue weighted by molar-refractivity contribution is -0.384. The number of esters is 1. The molecule has 1 atom stereocenters. The van der Waals surface area contributed by atoms with E-state index < -0.39 is 10.9 Å². The number of nitro benzene ring substituents is 1. The highest BCUT2D eigenvalue weighted by Crippen LogP contribution is 2.34. The smallest absolute Gasteiger partial charge is 0.337 e. The fourth-order valence-electron chi connectivity index (χ4n) is 2.87. The van der Waals surface area contributed by atoms with Crippen molar-refractivity contribution >= 4 is 17.3 Å². The Hall–Kier alpha value is -2.11. The Balaban J connectivity index is 2.31. The monoisotopic (exact) mass is 292 g/mol. The van der Waals surface area contributed by atoms with Crippen molar-refractivity contribution < 1.29 is 14.5 Å². The molecule has 1 saturated heterocycles. The molecule has 6 heteroatoms. The molecule has 0 bridgehead atoms. The largest absolute Gasteiger partial charge is 0.465 e. The summed E-state index contributed by atoms with van der Waals surface area (Å²) < 4.78 is 4.69. The number of hydrogen-bond donors (Lipinski definition) is 0. The number of carbonyl (C=O) groups is 1. The third-order valence-corrected chi connectivity index (χ3v) is 3.92. The quantitative estimate of drug-likeness (QED) is 0.474. The van der Waals surface area contributed by atoms with Gasteiger partial charge in [-0.3, -0.25) is 10.1 Å². The summed E-state index contributed by atoms with van der Waals surface area (Å²) in [4.78, 5) is 24.4. The number of nitrogens with zero attached hydrogens (tertiary/aromatic N) is 2. The van der Waals surface area contributed by atoms with Gasteiger partial charge in [0.2, 0.25) is 0 Å². The van der Waals surface area contributed by atoms with E-state index in [0.29, 0.717) is 17.2 Å². The predicted octanol–water partition coefficient (Wildman–Crippen LogP) is 3.01. The predicted molar refractivity (Wildman–Crippen MR) is 79.7 cm³/mol. The lowest BCUT2D eigenvalue weighted by atomic mass is 10.0. The first kappa shape index (κ1) is 15.3. The van der Waals surface area contributed by atoms with Crippen LogP contribution >= 0.6 is 0 Å². The van der Waals surface area contributed by atoms with E-state index in [1.54, 1.807) is 6.07 Å². The molecule has 0 aromatic heterocycles. The molecule has 1 heterocycles. The summed E-state index contributed by atoms with van der Waals surface area (Å²) in [6.07, 6.45) is 3.28. The molecular formula is C15H20N2O4. The standard InChI is InChI=1S/C15H20N2O4/c1-3-4-11-7-8-16(10-11)14-9-12(15(18)21-2)5-6-13(14)17(19)20/h5-6,9,11H,3-4,7-8,10H2,1-2H3. The van der Waals surface area contributed by atoms with E-state index in [9.17, 15) is 14.9 Å². The molecule has 0 N–H and O–H groups in total. The molecule has 0 aliphatic carbocycles. The summed E-state index contributed by atoms with van der Waals surface area (Å²) in [6.45, 7) is 3.73. The average Bonchev–Trinajstić information content (AvgIpc) is 2.94. The van der Waals surface area contributed by atoms with Crippen LogP contribution in [0.2, 0.25) is 0 Å². The average molecular weight is 292 g/mol. The van der Waals surface area contributed by atoms with Gasteiger partial charge in [-0.15, -0.1) is 0 Å². The van der Waals surface area contributed by atoms with Crippen molar-refractivity contribution in [3.05, 3.63) is 33.9 Å². The van der Waals surface area contributed by atoms with Crippen LogP contribution in [0.1, 0.15) is 36.5 Å². The van der Waals surface area contributed by atoms with Crippen LogP contribution < -0.4 is 4.90 Å². The fraction of sp³-hybridized carbons (Fsp3) is 0.533. The van der Waals surface area contributed by atoms with Crippen molar-refractivity contribution in [3.8, 4) is 0 Å². The van der Waals surface area contributed by atoms with Gasteiger partial charge in [0.05, 0.1) is 17.6 Å². The molecule has 1 aromatic carbocycles. The molecule has 114 valence electrons. The highest BCUT2D eigenvalue weighted by Gasteiger charge is 2.28. The SMILES string of the molecule is CCCC1CCN(c2cc(C(=O)OC)ccc2[N+](=O)[O-])C1. The van der Waals surface area contributed by atoms with Gasteiger partial charge in [0, 0.05) is 19.2 Å². The number of methoxy groups -OCH3 is 1. The molecule has 6 nitrogen and oxygen atoms in total. The zero-order valence-corrected chi connectivity index (χ0v) is 12.4. The molecule has 1 aliphatic heterocycles. The van der Waals surface area contributed by atoms with Crippen LogP contribution in [0.4, 0.5) is 11.4 Å². The third kappa shape index (κ3) is 3.32. The lowest BCUT2D eigenvalue weighted by Crippen LogP contribution is -2.21. The first-order chi connectivity index (χ1) is 10.1. The van der Waals surface area contributed by atoms with Crippen LogP contribution in [0.5, 0.6) is 0 Å².